The summed E-state index contributed by atoms with van der Waals surface area (Å²) in [6.07, 6.45) is 1.47. The summed E-state index contributed by atoms with van der Waals surface area (Å²) in [5.74, 6) is -1.17. The number of halogens is 4. The third kappa shape index (κ3) is 3.20. The number of nitrogens with two attached hydrogens (primary N) is 1. The molecule has 8 heteroatoms. The van der Waals surface area contributed by atoms with Gasteiger partial charge in [-0.05, 0) is 34.1 Å². The first-order chi connectivity index (χ1) is 9.38. The van der Waals surface area contributed by atoms with Crippen LogP contribution in [0.2, 0.25) is 10.0 Å². The molecule has 1 aromatic carbocycles. The molecule has 1 heterocycles. The number of hydrogen-bond donors (Lipinski definition) is 2. The third-order valence-corrected chi connectivity index (χ3v) is 3.36. The van der Waals surface area contributed by atoms with Crippen LogP contribution in [0, 0.1) is 5.82 Å². The van der Waals surface area contributed by atoms with Crippen molar-refractivity contribution < 1.29 is 9.18 Å². The fraction of sp³-hybridized carbons (Fsp3) is 0. The fourth-order valence-corrected chi connectivity index (χ4v) is 2.28. The highest BCUT2D eigenvalue weighted by Crippen LogP contribution is 2.28. The first-order valence-corrected chi connectivity index (χ1v) is 6.80. The minimum Gasteiger partial charge on any atom is -0.383 e. The lowest BCUT2D eigenvalue weighted by Crippen LogP contribution is -2.15. The lowest BCUT2D eigenvalue weighted by molar-refractivity contribution is 0.102. The Bertz CT molecular complexity index is 673. The van der Waals surface area contributed by atoms with Crippen LogP contribution in [-0.4, -0.2) is 10.9 Å². The third-order valence-electron chi connectivity index (χ3n) is 2.37. The van der Waals surface area contributed by atoms with Gasteiger partial charge in [-0.2, -0.15) is 0 Å². The maximum Gasteiger partial charge on any atom is 0.259 e. The number of nitrogens with zero attached hydrogens (tertiary/aromatic N) is 1. The zero-order chi connectivity index (χ0) is 14.9. The van der Waals surface area contributed by atoms with Crippen LogP contribution in [0.15, 0.2) is 28.9 Å². The van der Waals surface area contributed by atoms with E-state index in [1.54, 1.807) is 0 Å². The van der Waals surface area contributed by atoms with Gasteiger partial charge in [-0.15, -0.1) is 0 Å². The monoisotopic (exact) mass is 377 g/mol. The first kappa shape index (κ1) is 15.0. The average molecular weight is 379 g/mol. The summed E-state index contributed by atoms with van der Waals surface area (Å²) < 4.78 is 13.9. The Morgan fingerprint density at radius 2 is 1.90 bits per heavy atom. The van der Waals surface area contributed by atoms with E-state index in [1.807, 2.05) is 0 Å². The first-order valence-electron chi connectivity index (χ1n) is 5.25. The normalized spacial score (nSPS) is 10.4. The van der Waals surface area contributed by atoms with Crippen molar-refractivity contribution in [3.05, 3.63) is 50.3 Å². The molecule has 0 saturated carbocycles. The van der Waals surface area contributed by atoms with Crippen LogP contribution in [0.4, 0.5) is 15.9 Å². The summed E-state index contributed by atoms with van der Waals surface area (Å²) in [6.45, 7) is 0. The van der Waals surface area contributed by atoms with Crippen molar-refractivity contribution in [2.45, 2.75) is 0 Å². The smallest absolute Gasteiger partial charge is 0.259 e. The van der Waals surface area contributed by atoms with Gasteiger partial charge in [-0.3, -0.25) is 4.79 Å². The Morgan fingerprint density at radius 3 is 2.50 bits per heavy atom. The van der Waals surface area contributed by atoms with Gasteiger partial charge in [0.25, 0.3) is 5.91 Å². The Hall–Kier alpha value is -1.37. The van der Waals surface area contributed by atoms with E-state index < -0.39 is 11.7 Å². The van der Waals surface area contributed by atoms with E-state index in [-0.39, 0.29) is 27.1 Å². The van der Waals surface area contributed by atoms with Crippen LogP contribution in [0.3, 0.4) is 0 Å². The SMILES string of the molecule is Nc1ncc(Br)cc1C(=O)Nc1cc(Cl)c(F)c(Cl)c1. The molecule has 1 aromatic heterocycles. The molecule has 0 spiro atoms. The number of amides is 1. The summed E-state index contributed by atoms with van der Waals surface area (Å²) in [4.78, 5) is 15.9. The number of pyridine rings is 1. The average Bonchev–Trinajstić information content (AvgIpc) is 2.38. The van der Waals surface area contributed by atoms with E-state index >= 15 is 0 Å². The second-order valence-corrected chi connectivity index (χ2v) is 5.52. The van der Waals surface area contributed by atoms with Crippen LogP contribution in [0.5, 0.6) is 0 Å². The number of nitrogen functional groups attached to an aromatic ring is 1. The van der Waals surface area contributed by atoms with Crippen LogP contribution < -0.4 is 11.1 Å². The van der Waals surface area contributed by atoms with E-state index in [1.165, 1.54) is 24.4 Å². The fourth-order valence-electron chi connectivity index (χ4n) is 1.46. The van der Waals surface area contributed by atoms with Gasteiger partial charge in [-0.1, -0.05) is 23.2 Å². The van der Waals surface area contributed by atoms with E-state index in [0.29, 0.717) is 4.47 Å². The molecule has 104 valence electrons. The maximum absolute atomic E-state index is 13.3. The van der Waals surface area contributed by atoms with Crippen LogP contribution in [-0.2, 0) is 0 Å². The van der Waals surface area contributed by atoms with Crippen molar-refractivity contribution in [1.29, 1.82) is 0 Å². The lowest BCUT2D eigenvalue weighted by Gasteiger charge is -2.09. The Labute approximate surface area is 132 Å². The Balaban J connectivity index is 2.30. The van der Waals surface area contributed by atoms with Crippen LogP contribution >= 0.6 is 39.1 Å². The number of benzene rings is 1. The topological polar surface area (TPSA) is 68.0 Å². The van der Waals surface area contributed by atoms with E-state index in [0.717, 1.165) is 0 Å². The molecular formula is C12H7BrCl2FN3O. The summed E-state index contributed by atoms with van der Waals surface area (Å²) >= 11 is 14.5. The van der Waals surface area contributed by atoms with Gasteiger partial charge in [0.1, 0.15) is 5.82 Å². The minimum absolute atomic E-state index is 0.0741. The highest BCUT2D eigenvalue weighted by molar-refractivity contribution is 9.10. The molecule has 0 radical (unpaired) electrons. The molecule has 0 unspecified atom stereocenters. The molecular weight excluding hydrogens is 372 g/mol. The Kier molecular flexibility index (Phi) is 4.47. The maximum atomic E-state index is 13.3. The second-order valence-electron chi connectivity index (χ2n) is 3.79. The number of rotatable bonds is 2. The number of carbonyl (C=O) groups is 1. The summed E-state index contributed by atoms with van der Waals surface area (Å²) in [5, 5.41) is 2.15. The summed E-state index contributed by atoms with van der Waals surface area (Å²) in [7, 11) is 0. The van der Waals surface area contributed by atoms with Gasteiger partial charge < -0.3 is 11.1 Å². The Morgan fingerprint density at radius 1 is 1.30 bits per heavy atom. The summed E-state index contributed by atoms with van der Waals surface area (Å²) in [6, 6.07) is 4.02. The van der Waals surface area contributed by atoms with Crippen molar-refractivity contribution in [3.8, 4) is 0 Å². The molecule has 2 rings (SSSR count). The molecule has 0 aliphatic rings. The molecule has 3 N–H and O–H groups in total. The molecule has 4 nitrogen and oxygen atoms in total. The van der Waals surface area contributed by atoms with E-state index in [2.05, 4.69) is 26.2 Å². The number of anilines is 2. The van der Waals surface area contributed by atoms with Crippen molar-refractivity contribution in [2.24, 2.45) is 0 Å². The predicted molar refractivity (Wildman–Crippen MR) is 80.7 cm³/mol. The predicted octanol–water partition coefficient (Wildman–Crippen LogP) is 4.12. The van der Waals surface area contributed by atoms with Gasteiger partial charge in [0.15, 0.2) is 5.82 Å². The van der Waals surface area contributed by atoms with Crippen molar-refractivity contribution in [1.82, 2.24) is 4.98 Å². The highest BCUT2D eigenvalue weighted by Gasteiger charge is 2.14. The van der Waals surface area contributed by atoms with Crippen LogP contribution in [0.25, 0.3) is 0 Å². The van der Waals surface area contributed by atoms with Gasteiger partial charge in [0.05, 0.1) is 15.6 Å². The molecule has 0 aliphatic heterocycles. The second kappa shape index (κ2) is 5.95. The quantitative estimate of drug-likeness (QED) is 0.772. The number of hydrogen-bond acceptors (Lipinski definition) is 3. The molecule has 1 amide bonds. The number of aromatic nitrogens is 1. The van der Waals surface area contributed by atoms with Crippen molar-refractivity contribution >= 4 is 56.5 Å². The van der Waals surface area contributed by atoms with E-state index in [9.17, 15) is 9.18 Å². The highest BCUT2D eigenvalue weighted by atomic mass is 79.9. The van der Waals surface area contributed by atoms with Crippen LogP contribution in [0.1, 0.15) is 10.4 Å². The van der Waals surface area contributed by atoms with Gasteiger partial charge in [0.2, 0.25) is 0 Å². The van der Waals surface area contributed by atoms with Crippen molar-refractivity contribution in [2.75, 3.05) is 11.1 Å². The van der Waals surface area contributed by atoms with Gasteiger partial charge in [-0.25, -0.2) is 9.37 Å². The molecule has 0 atom stereocenters. The summed E-state index contributed by atoms with van der Waals surface area (Å²) in [5.41, 5.74) is 6.06. The zero-order valence-electron chi connectivity index (χ0n) is 9.75. The largest absolute Gasteiger partial charge is 0.383 e. The molecule has 20 heavy (non-hydrogen) atoms. The number of carbonyl (C=O) groups excluding carboxylic acids is 1. The van der Waals surface area contributed by atoms with E-state index in [4.69, 9.17) is 28.9 Å². The minimum atomic E-state index is -0.741. The van der Waals surface area contributed by atoms with Gasteiger partial charge >= 0.3 is 0 Å². The molecule has 0 bridgehead atoms. The zero-order valence-corrected chi connectivity index (χ0v) is 12.9. The lowest BCUT2D eigenvalue weighted by atomic mass is 10.2. The number of nitrogens with one attached hydrogen (secondary N) is 1. The van der Waals surface area contributed by atoms with Crippen molar-refractivity contribution in [3.63, 3.8) is 0 Å². The van der Waals surface area contributed by atoms with Gasteiger partial charge in [0, 0.05) is 16.4 Å². The molecule has 0 fully saturated rings. The standard InChI is InChI=1S/C12H7BrCl2FN3O/c13-5-1-7(11(17)18-4-5)12(20)19-6-2-8(14)10(16)9(15)3-6/h1-4H,(H2,17,18)(H,19,20). The molecule has 0 saturated heterocycles. The molecule has 2 aromatic rings. The molecule has 0 aliphatic carbocycles.